The summed E-state index contributed by atoms with van der Waals surface area (Å²) in [5.41, 5.74) is 1.91. The van der Waals surface area contributed by atoms with E-state index < -0.39 is 0 Å². The van der Waals surface area contributed by atoms with Gasteiger partial charge in [0.25, 0.3) is 0 Å². The molecule has 1 aromatic carbocycles. The Morgan fingerprint density at radius 3 is 2.93 bits per heavy atom. The Morgan fingerprint density at radius 2 is 2.27 bits per heavy atom. The Hall–Kier alpha value is -0.870. The van der Waals surface area contributed by atoms with E-state index in [4.69, 9.17) is 11.6 Å². The number of rotatable bonds is 2. The number of Topliss-reactive ketones (excluding diaryl/α,β-unsaturated/α-hetero) is 1. The van der Waals surface area contributed by atoms with Crippen molar-refractivity contribution in [3.8, 4) is 0 Å². The lowest BCUT2D eigenvalue weighted by Crippen LogP contribution is -2.08. The molecule has 1 amide bonds. The van der Waals surface area contributed by atoms with Gasteiger partial charge in [-0.05, 0) is 17.7 Å². The maximum absolute atomic E-state index is 11.5. The molecule has 0 spiro atoms. The summed E-state index contributed by atoms with van der Waals surface area (Å²) in [7, 11) is 0. The third kappa shape index (κ3) is 1.92. The van der Waals surface area contributed by atoms with Crippen molar-refractivity contribution in [2.24, 2.45) is 0 Å². The van der Waals surface area contributed by atoms with Gasteiger partial charge in [0.05, 0.1) is 18.0 Å². The van der Waals surface area contributed by atoms with Gasteiger partial charge in [0.15, 0.2) is 5.78 Å². The Labute approximate surface area is 99.9 Å². The molecule has 0 fully saturated rings. The van der Waals surface area contributed by atoms with Crippen LogP contribution in [0.1, 0.15) is 15.9 Å². The van der Waals surface area contributed by atoms with E-state index in [9.17, 15) is 9.59 Å². The van der Waals surface area contributed by atoms with Gasteiger partial charge in [0.1, 0.15) is 0 Å². The summed E-state index contributed by atoms with van der Waals surface area (Å²) >= 11 is 8.80. The largest absolute Gasteiger partial charge is 0.325 e. The van der Waals surface area contributed by atoms with Gasteiger partial charge >= 0.3 is 0 Å². The van der Waals surface area contributed by atoms with Crippen LogP contribution in [-0.2, 0) is 11.2 Å². The zero-order chi connectivity index (χ0) is 11.0. The standard InChI is InChI=1S/C10H7BrClNO2/c11-6-1-5-2-9(15)13-10(5)7(3-6)8(14)4-12/h1,3H,2,4H2,(H,13,15). The first-order valence-electron chi connectivity index (χ1n) is 4.33. The minimum Gasteiger partial charge on any atom is -0.325 e. The number of carbonyl (C=O) groups is 2. The fraction of sp³-hybridized carbons (Fsp3) is 0.200. The Morgan fingerprint density at radius 1 is 1.53 bits per heavy atom. The molecular formula is C10H7BrClNO2. The van der Waals surface area contributed by atoms with Gasteiger partial charge in [-0.1, -0.05) is 15.9 Å². The monoisotopic (exact) mass is 287 g/mol. The van der Waals surface area contributed by atoms with Gasteiger partial charge in [0, 0.05) is 10.0 Å². The molecule has 0 bridgehead atoms. The number of hydrogen-bond donors (Lipinski definition) is 1. The van der Waals surface area contributed by atoms with E-state index in [0.29, 0.717) is 17.7 Å². The summed E-state index contributed by atoms with van der Waals surface area (Å²) in [6.45, 7) is 0. The first-order valence-corrected chi connectivity index (χ1v) is 5.66. The third-order valence-electron chi connectivity index (χ3n) is 2.22. The zero-order valence-corrected chi connectivity index (χ0v) is 9.98. The number of fused-ring (bicyclic) bond motifs is 1. The average Bonchev–Trinajstić information content (AvgIpc) is 2.55. The third-order valence-corrected chi connectivity index (χ3v) is 2.92. The van der Waals surface area contributed by atoms with Gasteiger partial charge < -0.3 is 5.32 Å². The Kier molecular flexibility index (Phi) is 2.80. The van der Waals surface area contributed by atoms with Crippen LogP contribution in [-0.4, -0.2) is 17.6 Å². The molecule has 0 saturated heterocycles. The molecule has 0 aliphatic carbocycles. The molecule has 0 atom stereocenters. The van der Waals surface area contributed by atoms with Crippen LogP contribution in [0.15, 0.2) is 16.6 Å². The molecule has 5 heteroatoms. The van der Waals surface area contributed by atoms with Crippen molar-refractivity contribution in [1.82, 2.24) is 0 Å². The fourth-order valence-corrected chi connectivity index (χ4v) is 2.25. The van der Waals surface area contributed by atoms with Gasteiger partial charge in [0.2, 0.25) is 5.91 Å². The first kappa shape index (κ1) is 10.6. The van der Waals surface area contributed by atoms with E-state index in [1.54, 1.807) is 6.07 Å². The van der Waals surface area contributed by atoms with Crippen LogP contribution >= 0.6 is 27.5 Å². The van der Waals surface area contributed by atoms with Crippen molar-refractivity contribution in [3.63, 3.8) is 0 Å². The second kappa shape index (κ2) is 3.94. The zero-order valence-electron chi connectivity index (χ0n) is 7.64. The van der Waals surface area contributed by atoms with Gasteiger partial charge in [-0.25, -0.2) is 0 Å². The van der Waals surface area contributed by atoms with Crippen molar-refractivity contribution >= 4 is 44.9 Å². The highest BCUT2D eigenvalue weighted by Gasteiger charge is 2.23. The number of hydrogen-bond acceptors (Lipinski definition) is 2. The van der Waals surface area contributed by atoms with Crippen molar-refractivity contribution in [1.29, 1.82) is 0 Å². The smallest absolute Gasteiger partial charge is 0.228 e. The maximum atomic E-state index is 11.5. The van der Waals surface area contributed by atoms with Crippen LogP contribution in [0.4, 0.5) is 5.69 Å². The highest BCUT2D eigenvalue weighted by Crippen LogP contribution is 2.31. The van der Waals surface area contributed by atoms with Crippen molar-refractivity contribution in [2.45, 2.75) is 6.42 Å². The lowest BCUT2D eigenvalue weighted by Gasteiger charge is -2.06. The molecular weight excluding hydrogens is 281 g/mol. The summed E-state index contributed by atoms with van der Waals surface area (Å²) in [6, 6.07) is 3.51. The molecule has 1 aliphatic heterocycles. The number of amides is 1. The van der Waals surface area contributed by atoms with E-state index >= 15 is 0 Å². The molecule has 1 N–H and O–H groups in total. The molecule has 0 saturated carbocycles. The number of halogens is 2. The molecule has 0 unspecified atom stereocenters. The Balaban J connectivity index is 2.56. The van der Waals surface area contributed by atoms with E-state index in [1.165, 1.54) is 0 Å². The van der Waals surface area contributed by atoms with Gasteiger partial charge in [-0.3, -0.25) is 9.59 Å². The number of benzene rings is 1. The normalized spacial score (nSPS) is 13.6. The summed E-state index contributed by atoms with van der Waals surface area (Å²) in [6.07, 6.45) is 0.317. The minimum atomic E-state index is -0.184. The lowest BCUT2D eigenvalue weighted by atomic mass is 10.1. The van der Waals surface area contributed by atoms with E-state index in [0.717, 1.165) is 10.0 Å². The topological polar surface area (TPSA) is 46.2 Å². The molecule has 0 aromatic heterocycles. The summed E-state index contributed by atoms with van der Waals surface area (Å²) in [5, 5.41) is 2.67. The predicted octanol–water partition coefficient (Wildman–Crippen LogP) is 2.37. The van der Waals surface area contributed by atoms with Crippen molar-refractivity contribution < 1.29 is 9.59 Å². The van der Waals surface area contributed by atoms with E-state index in [2.05, 4.69) is 21.2 Å². The number of carbonyl (C=O) groups excluding carboxylic acids is 2. The second-order valence-corrected chi connectivity index (χ2v) is 4.45. The Bertz CT molecular complexity index is 459. The van der Waals surface area contributed by atoms with E-state index in [-0.39, 0.29) is 17.6 Å². The predicted molar refractivity (Wildman–Crippen MR) is 61.5 cm³/mol. The SMILES string of the molecule is O=C1Cc2cc(Br)cc(C(=O)CCl)c2N1. The summed E-state index contributed by atoms with van der Waals surface area (Å²) in [4.78, 5) is 22.7. The summed E-state index contributed by atoms with van der Waals surface area (Å²) < 4.78 is 0.784. The molecule has 1 heterocycles. The molecule has 1 aromatic rings. The fourth-order valence-electron chi connectivity index (χ4n) is 1.60. The van der Waals surface area contributed by atoms with Crippen LogP contribution in [0.5, 0.6) is 0 Å². The van der Waals surface area contributed by atoms with Crippen molar-refractivity contribution in [3.05, 3.63) is 27.7 Å². The molecule has 15 heavy (non-hydrogen) atoms. The van der Waals surface area contributed by atoms with Crippen LogP contribution in [0.3, 0.4) is 0 Å². The molecule has 0 radical (unpaired) electrons. The maximum Gasteiger partial charge on any atom is 0.228 e. The number of ketones is 1. The molecule has 2 rings (SSSR count). The lowest BCUT2D eigenvalue weighted by molar-refractivity contribution is -0.115. The highest BCUT2D eigenvalue weighted by atomic mass is 79.9. The van der Waals surface area contributed by atoms with E-state index in [1.807, 2.05) is 6.07 Å². The quantitative estimate of drug-likeness (QED) is 0.671. The number of anilines is 1. The van der Waals surface area contributed by atoms with Crippen molar-refractivity contribution in [2.75, 3.05) is 11.2 Å². The average molecular weight is 289 g/mol. The second-order valence-electron chi connectivity index (χ2n) is 3.27. The van der Waals surface area contributed by atoms with Gasteiger partial charge in [-0.2, -0.15) is 0 Å². The first-order chi connectivity index (χ1) is 7.11. The van der Waals surface area contributed by atoms with Crippen LogP contribution in [0.25, 0.3) is 0 Å². The number of alkyl halides is 1. The number of nitrogens with one attached hydrogen (secondary N) is 1. The van der Waals surface area contributed by atoms with Crippen LogP contribution < -0.4 is 5.32 Å². The van der Waals surface area contributed by atoms with Crippen LogP contribution in [0.2, 0.25) is 0 Å². The molecule has 1 aliphatic rings. The molecule has 78 valence electrons. The summed E-state index contributed by atoms with van der Waals surface area (Å²) in [5.74, 6) is -0.359. The van der Waals surface area contributed by atoms with Crippen LogP contribution in [0, 0.1) is 0 Å². The van der Waals surface area contributed by atoms with Gasteiger partial charge in [-0.15, -0.1) is 11.6 Å². The minimum absolute atomic E-state index is 0.0846. The molecule has 3 nitrogen and oxygen atoms in total. The highest BCUT2D eigenvalue weighted by molar-refractivity contribution is 9.10.